The normalized spacial score (nSPS) is 14.5. The van der Waals surface area contributed by atoms with Gasteiger partial charge in [-0.05, 0) is 12.1 Å². The number of carbonyl (C=O) groups is 3. The minimum absolute atomic E-state index is 0.0310. The second-order valence-corrected chi connectivity index (χ2v) is 7.35. The molecule has 0 unspecified atom stereocenters. The van der Waals surface area contributed by atoms with E-state index in [0.29, 0.717) is 5.69 Å². The second-order valence-electron chi connectivity index (χ2n) is 5.09. The van der Waals surface area contributed by atoms with E-state index in [1.807, 2.05) is 19.9 Å². The predicted octanol–water partition coefficient (Wildman–Crippen LogP) is 2.40. The molecule has 0 aromatic heterocycles. The Morgan fingerprint density at radius 1 is 1.16 bits per heavy atom. The van der Waals surface area contributed by atoms with Crippen LogP contribution in [-0.4, -0.2) is 36.2 Å². The van der Waals surface area contributed by atoms with Crippen LogP contribution in [0.25, 0.3) is 0 Å². The number of hydrogen-bond donors (Lipinski definition) is 1. The van der Waals surface area contributed by atoms with Crippen molar-refractivity contribution in [3.05, 3.63) is 53.4 Å². The van der Waals surface area contributed by atoms with E-state index in [1.165, 1.54) is 13.2 Å². The monoisotopic (exact) mass is 360 g/mol. The van der Waals surface area contributed by atoms with Gasteiger partial charge in [0, 0.05) is 23.3 Å². The maximum Gasteiger partial charge on any atom is 0.344 e. The van der Waals surface area contributed by atoms with Crippen LogP contribution in [0.5, 0.6) is 0 Å². The van der Waals surface area contributed by atoms with Crippen molar-refractivity contribution in [2.45, 2.75) is 13.8 Å². The fourth-order valence-electron chi connectivity index (χ4n) is 2.24. The zero-order valence-corrected chi connectivity index (χ0v) is 15.2. The summed E-state index contributed by atoms with van der Waals surface area (Å²) in [6.45, 7) is 3.89. The minimum Gasteiger partial charge on any atom is -0.465 e. The Labute approximate surface area is 149 Å². The van der Waals surface area contributed by atoms with E-state index in [9.17, 15) is 14.4 Å². The molecule has 0 aliphatic heterocycles. The highest BCUT2D eigenvalue weighted by Gasteiger charge is 2.34. The van der Waals surface area contributed by atoms with Gasteiger partial charge in [-0.15, -0.1) is 0 Å². The van der Waals surface area contributed by atoms with Gasteiger partial charge in [0.05, 0.1) is 12.8 Å². The number of Topliss-reactive ketones (excluding diaryl/α,β-unsaturated/α-hetero) is 1. The Bertz CT molecular complexity index is 789. The van der Waals surface area contributed by atoms with E-state index in [4.69, 9.17) is 4.74 Å². The Hall–Kier alpha value is -2.54. The summed E-state index contributed by atoms with van der Waals surface area (Å²) in [7, 11) is 0.750. The quantitative estimate of drug-likeness (QED) is 0.478. The first-order valence-electron chi connectivity index (χ1n) is 7.86. The van der Waals surface area contributed by atoms with Crippen molar-refractivity contribution in [2.75, 3.05) is 23.9 Å². The van der Waals surface area contributed by atoms with E-state index in [-0.39, 0.29) is 17.0 Å². The fraction of sp³-hybridized carbons (Fsp3) is 0.278. The van der Waals surface area contributed by atoms with Gasteiger partial charge in [-0.3, -0.25) is 9.59 Å². The number of anilines is 1. The van der Waals surface area contributed by atoms with Gasteiger partial charge in [-0.1, -0.05) is 42.7 Å². The van der Waals surface area contributed by atoms with Crippen LogP contribution in [0.4, 0.5) is 5.69 Å². The zero-order valence-electron chi connectivity index (χ0n) is 14.4. The molecule has 0 atom stereocenters. The van der Waals surface area contributed by atoms with Crippen LogP contribution in [0.15, 0.2) is 57.7 Å². The molecular weight excluding hydrogens is 340 g/mol. The molecule has 0 saturated carbocycles. The number of nitrogens with zero attached hydrogens (tertiary/aromatic N) is 1. The molecule has 0 amide bonds. The lowest BCUT2D eigenvalue weighted by Gasteiger charge is -2.17. The number of esters is 1. The van der Waals surface area contributed by atoms with Crippen molar-refractivity contribution in [1.82, 2.24) is 0 Å². The fourth-order valence-corrected chi connectivity index (χ4v) is 3.35. The Kier molecular flexibility index (Phi) is 6.41. The van der Waals surface area contributed by atoms with Crippen LogP contribution < -0.4 is 5.32 Å². The van der Waals surface area contributed by atoms with E-state index in [0.717, 1.165) is 11.5 Å². The molecule has 25 heavy (non-hydrogen) atoms. The van der Waals surface area contributed by atoms with Crippen molar-refractivity contribution >= 4 is 33.9 Å². The van der Waals surface area contributed by atoms with Gasteiger partial charge >= 0.3 is 5.97 Å². The van der Waals surface area contributed by atoms with Gasteiger partial charge in [0.1, 0.15) is 11.3 Å². The number of ether oxygens (including phenoxy) is 1. The van der Waals surface area contributed by atoms with Crippen LogP contribution >= 0.6 is 0 Å². The molecule has 1 aromatic rings. The first-order valence-corrected chi connectivity index (χ1v) is 9.38. The Morgan fingerprint density at radius 2 is 1.80 bits per heavy atom. The molecule has 1 aliphatic carbocycles. The SMILES string of the molecule is CCS(CC)=NC1=C(C(=O)OC)C(=O)C(Nc2ccccc2)=CC1=O. The summed E-state index contributed by atoms with van der Waals surface area (Å²) in [4.78, 5) is 37.4. The summed E-state index contributed by atoms with van der Waals surface area (Å²) in [5, 5.41) is 2.88. The molecule has 1 N–H and O–H groups in total. The number of para-hydroxylation sites is 1. The number of benzene rings is 1. The van der Waals surface area contributed by atoms with Crippen molar-refractivity contribution in [1.29, 1.82) is 0 Å². The number of hydrogen-bond acceptors (Lipinski definition) is 6. The van der Waals surface area contributed by atoms with Crippen LogP contribution in [0, 0.1) is 0 Å². The van der Waals surface area contributed by atoms with Crippen LogP contribution in [0.1, 0.15) is 13.8 Å². The molecule has 0 bridgehead atoms. The molecule has 6 nitrogen and oxygen atoms in total. The van der Waals surface area contributed by atoms with E-state index in [1.54, 1.807) is 24.3 Å². The highest BCUT2D eigenvalue weighted by Crippen LogP contribution is 2.24. The number of rotatable bonds is 6. The van der Waals surface area contributed by atoms with Gasteiger partial charge < -0.3 is 10.1 Å². The Morgan fingerprint density at radius 3 is 2.36 bits per heavy atom. The number of carbonyl (C=O) groups excluding carboxylic acids is 3. The van der Waals surface area contributed by atoms with Crippen LogP contribution in [-0.2, 0) is 29.8 Å². The van der Waals surface area contributed by atoms with Crippen LogP contribution in [0.2, 0.25) is 0 Å². The first kappa shape index (κ1) is 18.8. The molecule has 0 fully saturated rings. The highest BCUT2D eigenvalue weighted by atomic mass is 32.2. The third kappa shape index (κ3) is 4.30. The lowest BCUT2D eigenvalue weighted by atomic mass is 9.97. The molecule has 132 valence electrons. The lowest BCUT2D eigenvalue weighted by Crippen LogP contribution is -2.28. The number of nitrogens with one attached hydrogen (secondary N) is 1. The van der Waals surface area contributed by atoms with Gasteiger partial charge in [0.25, 0.3) is 0 Å². The molecule has 0 saturated heterocycles. The lowest BCUT2D eigenvalue weighted by molar-refractivity contribution is -0.138. The first-order chi connectivity index (χ1) is 12.0. The average Bonchev–Trinajstić information content (AvgIpc) is 2.63. The molecule has 0 radical (unpaired) electrons. The number of methoxy groups -OCH3 is 1. The Balaban J connectivity index is 2.47. The van der Waals surface area contributed by atoms with Crippen molar-refractivity contribution < 1.29 is 19.1 Å². The van der Waals surface area contributed by atoms with E-state index >= 15 is 0 Å². The van der Waals surface area contributed by atoms with Gasteiger partial charge in [-0.2, -0.15) is 0 Å². The van der Waals surface area contributed by atoms with Gasteiger partial charge in [-0.25, -0.2) is 9.16 Å². The summed E-state index contributed by atoms with van der Waals surface area (Å²) in [6.07, 6.45) is 1.19. The predicted molar refractivity (Wildman–Crippen MR) is 98.1 cm³/mol. The van der Waals surface area contributed by atoms with Gasteiger partial charge in [0.15, 0.2) is 0 Å². The van der Waals surface area contributed by atoms with E-state index in [2.05, 4.69) is 9.68 Å². The molecule has 7 heteroatoms. The molecule has 1 aromatic carbocycles. The number of allylic oxidation sites excluding steroid dienone is 2. The highest BCUT2D eigenvalue weighted by molar-refractivity contribution is 7.87. The summed E-state index contributed by atoms with van der Waals surface area (Å²) in [5.74, 6) is -0.459. The largest absolute Gasteiger partial charge is 0.465 e. The third-order valence-electron chi connectivity index (χ3n) is 3.55. The molecule has 1 aliphatic rings. The van der Waals surface area contributed by atoms with Crippen molar-refractivity contribution in [3.63, 3.8) is 0 Å². The second kappa shape index (κ2) is 8.53. The average molecular weight is 360 g/mol. The standard InChI is InChI=1S/C18H20N2O4S/c1-4-25(5-2)20-16-14(21)11-13(17(22)15(16)18(23)24-3)19-12-9-7-6-8-10-12/h6-11,19H,4-5H2,1-3H3. The van der Waals surface area contributed by atoms with Crippen LogP contribution in [0.3, 0.4) is 0 Å². The minimum atomic E-state index is -0.853. The molecular formula is C18H20N2O4S. The topological polar surface area (TPSA) is 84.8 Å². The van der Waals surface area contributed by atoms with Crippen molar-refractivity contribution in [3.8, 4) is 0 Å². The summed E-state index contributed by atoms with van der Waals surface area (Å²) >= 11 is 0. The maximum absolute atomic E-state index is 12.7. The smallest absolute Gasteiger partial charge is 0.344 e. The zero-order chi connectivity index (χ0) is 18.4. The van der Waals surface area contributed by atoms with E-state index < -0.39 is 28.2 Å². The molecule has 0 heterocycles. The number of ketones is 2. The summed E-state index contributed by atoms with van der Waals surface area (Å²) < 4.78 is 9.06. The molecule has 0 spiro atoms. The summed E-state index contributed by atoms with van der Waals surface area (Å²) in [5.41, 5.74) is 0.250. The van der Waals surface area contributed by atoms with Crippen molar-refractivity contribution in [2.24, 2.45) is 4.36 Å². The maximum atomic E-state index is 12.7. The summed E-state index contributed by atoms with van der Waals surface area (Å²) in [6, 6.07) is 8.94. The third-order valence-corrected chi connectivity index (χ3v) is 5.32. The molecule has 2 rings (SSSR count). The van der Waals surface area contributed by atoms with Gasteiger partial charge in [0.2, 0.25) is 11.6 Å².